The van der Waals surface area contributed by atoms with E-state index >= 15 is 0 Å². The summed E-state index contributed by atoms with van der Waals surface area (Å²) in [5, 5.41) is 0.364. The van der Waals surface area contributed by atoms with Crippen LogP contribution in [0.3, 0.4) is 0 Å². The number of rotatable bonds is 7. The molecule has 0 radical (unpaired) electrons. The summed E-state index contributed by atoms with van der Waals surface area (Å²) in [7, 11) is 1.54. The summed E-state index contributed by atoms with van der Waals surface area (Å²) >= 11 is 9.92. The van der Waals surface area contributed by atoms with Crippen LogP contribution in [0.15, 0.2) is 75.8 Å². The molecule has 4 rings (SSSR count). The molecular weight excluding hydrogens is 518 g/mol. The number of benzene rings is 3. The van der Waals surface area contributed by atoms with Crippen LogP contribution in [0.5, 0.6) is 11.5 Å². The standard InChI is InChI=1S/C27H23BrClNO4/c1-16(2)19-6-8-20(9-7-19)26-30-23(27(31)34-26)13-18-12-22(29)25(24(14-18)32-3)33-15-17-4-10-21(28)11-5-17/h4-14,16H,15H2,1-3H3/b23-13-. The summed E-state index contributed by atoms with van der Waals surface area (Å²) < 4.78 is 17.8. The Morgan fingerprint density at radius 3 is 2.44 bits per heavy atom. The monoisotopic (exact) mass is 539 g/mol. The third-order valence-electron chi connectivity index (χ3n) is 5.30. The van der Waals surface area contributed by atoms with Crippen molar-refractivity contribution in [3.05, 3.63) is 98.1 Å². The molecule has 0 bridgehead atoms. The fraction of sp³-hybridized carbons (Fsp3) is 0.185. The molecule has 3 aromatic rings. The van der Waals surface area contributed by atoms with Gasteiger partial charge in [0, 0.05) is 10.0 Å². The molecule has 0 saturated carbocycles. The molecule has 174 valence electrons. The highest BCUT2D eigenvalue weighted by Gasteiger charge is 2.24. The van der Waals surface area contributed by atoms with E-state index in [0.717, 1.165) is 15.6 Å². The van der Waals surface area contributed by atoms with E-state index in [1.165, 1.54) is 12.7 Å². The second-order valence-electron chi connectivity index (χ2n) is 8.06. The molecule has 1 aliphatic rings. The van der Waals surface area contributed by atoms with Gasteiger partial charge in [-0.05, 0) is 65.1 Å². The van der Waals surface area contributed by atoms with Crippen LogP contribution in [0.1, 0.15) is 42.0 Å². The van der Waals surface area contributed by atoms with Crippen LogP contribution in [0.25, 0.3) is 6.08 Å². The molecule has 0 saturated heterocycles. The third kappa shape index (κ3) is 5.51. The largest absolute Gasteiger partial charge is 0.493 e. The van der Waals surface area contributed by atoms with E-state index in [4.69, 9.17) is 25.8 Å². The summed E-state index contributed by atoms with van der Waals surface area (Å²) in [6.07, 6.45) is 1.62. The van der Waals surface area contributed by atoms with Crippen molar-refractivity contribution in [2.75, 3.05) is 7.11 Å². The first-order valence-electron chi connectivity index (χ1n) is 10.7. The molecule has 5 nitrogen and oxygen atoms in total. The zero-order chi connectivity index (χ0) is 24.2. The second kappa shape index (κ2) is 10.5. The van der Waals surface area contributed by atoms with Crippen LogP contribution in [0.4, 0.5) is 0 Å². The summed E-state index contributed by atoms with van der Waals surface area (Å²) in [4.78, 5) is 16.8. The Kier molecular flexibility index (Phi) is 7.39. The molecule has 1 aliphatic heterocycles. The van der Waals surface area contributed by atoms with E-state index in [1.54, 1.807) is 18.2 Å². The fourth-order valence-electron chi connectivity index (χ4n) is 3.40. The third-order valence-corrected chi connectivity index (χ3v) is 6.11. The van der Waals surface area contributed by atoms with E-state index in [-0.39, 0.29) is 11.6 Å². The lowest BCUT2D eigenvalue weighted by molar-refractivity contribution is -0.129. The minimum atomic E-state index is -0.520. The lowest BCUT2D eigenvalue weighted by atomic mass is 10.0. The maximum absolute atomic E-state index is 12.4. The van der Waals surface area contributed by atoms with E-state index in [1.807, 2.05) is 48.5 Å². The number of carbonyl (C=O) groups is 1. The minimum Gasteiger partial charge on any atom is -0.493 e. The fourth-order valence-corrected chi connectivity index (χ4v) is 3.94. The molecule has 0 N–H and O–H groups in total. The topological polar surface area (TPSA) is 57.1 Å². The van der Waals surface area contributed by atoms with Gasteiger partial charge in [0.2, 0.25) is 5.90 Å². The number of ether oxygens (including phenoxy) is 3. The van der Waals surface area contributed by atoms with E-state index < -0.39 is 5.97 Å². The average Bonchev–Trinajstić information content (AvgIpc) is 3.19. The molecule has 0 atom stereocenters. The predicted molar refractivity (Wildman–Crippen MR) is 138 cm³/mol. The number of hydrogen-bond donors (Lipinski definition) is 0. The summed E-state index contributed by atoms with van der Waals surface area (Å²) in [5.74, 6) is 1.06. The van der Waals surface area contributed by atoms with Crippen LogP contribution in [-0.2, 0) is 16.1 Å². The highest BCUT2D eigenvalue weighted by atomic mass is 79.9. The number of esters is 1. The van der Waals surface area contributed by atoms with Gasteiger partial charge in [0.15, 0.2) is 17.2 Å². The zero-order valence-corrected chi connectivity index (χ0v) is 21.3. The first-order chi connectivity index (χ1) is 16.3. The predicted octanol–water partition coefficient (Wildman–Crippen LogP) is 7.16. The van der Waals surface area contributed by atoms with Gasteiger partial charge >= 0.3 is 5.97 Å². The highest BCUT2D eigenvalue weighted by Crippen LogP contribution is 2.38. The van der Waals surface area contributed by atoms with E-state index in [2.05, 4.69) is 34.8 Å². The van der Waals surface area contributed by atoms with Crippen molar-refractivity contribution in [1.29, 1.82) is 0 Å². The van der Waals surface area contributed by atoms with Gasteiger partial charge in [-0.15, -0.1) is 0 Å². The molecule has 0 unspecified atom stereocenters. The summed E-state index contributed by atoms with van der Waals surface area (Å²) in [6, 6.07) is 19.1. The number of halogens is 2. The van der Waals surface area contributed by atoms with Crippen LogP contribution in [0.2, 0.25) is 5.02 Å². The molecule has 0 amide bonds. The highest BCUT2D eigenvalue weighted by molar-refractivity contribution is 9.10. The summed E-state index contributed by atoms with van der Waals surface area (Å²) in [6.45, 7) is 4.58. The van der Waals surface area contributed by atoms with Crippen molar-refractivity contribution in [3.8, 4) is 11.5 Å². The molecule has 7 heteroatoms. The average molecular weight is 541 g/mol. The normalized spacial score (nSPS) is 14.4. The molecule has 0 spiro atoms. The van der Waals surface area contributed by atoms with Crippen LogP contribution in [0, 0.1) is 0 Å². The van der Waals surface area contributed by atoms with Gasteiger partial charge in [-0.25, -0.2) is 9.79 Å². The van der Waals surface area contributed by atoms with Crippen LogP contribution >= 0.6 is 27.5 Å². The minimum absolute atomic E-state index is 0.185. The Bertz CT molecular complexity index is 1270. The van der Waals surface area contributed by atoms with E-state index in [9.17, 15) is 4.79 Å². The molecule has 0 aliphatic carbocycles. The molecule has 3 aromatic carbocycles. The Labute approximate surface area is 212 Å². The van der Waals surface area contributed by atoms with Crippen molar-refractivity contribution < 1.29 is 19.0 Å². The second-order valence-corrected chi connectivity index (χ2v) is 9.38. The lowest BCUT2D eigenvalue weighted by Gasteiger charge is -2.13. The van der Waals surface area contributed by atoms with Gasteiger partial charge < -0.3 is 14.2 Å². The molecule has 0 aromatic heterocycles. The van der Waals surface area contributed by atoms with Crippen molar-refractivity contribution in [1.82, 2.24) is 0 Å². The summed E-state index contributed by atoms with van der Waals surface area (Å²) in [5.41, 5.74) is 3.76. The van der Waals surface area contributed by atoms with Crippen LogP contribution < -0.4 is 9.47 Å². The van der Waals surface area contributed by atoms with Crippen molar-refractivity contribution in [2.24, 2.45) is 4.99 Å². The van der Waals surface area contributed by atoms with Gasteiger partial charge in [0.05, 0.1) is 12.1 Å². The first-order valence-corrected chi connectivity index (χ1v) is 11.9. The zero-order valence-electron chi connectivity index (χ0n) is 19.0. The maximum Gasteiger partial charge on any atom is 0.363 e. The van der Waals surface area contributed by atoms with Crippen molar-refractivity contribution in [2.45, 2.75) is 26.4 Å². The van der Waals surface area contributed by atoms with Crippen LogP contribution in [-0.4, -0.2) is 19.0 Å². The number of nitrogens with zero attached hydrogens (tertiary/aromatic N) is 1. The maximum atomic E-state index is 12.4. The molecule has 0 fully saturated rings. The Hall–Kier alpha value is -3.09. The Morgan fingerprint density at radius 1 is 1.09 bits per heavy atom. The van der Waals surface area contributed by atoms with Gasteiger partial charge in [-0.3, -0.25) is 0 Å². The number of carbonyl (C=O) groups excluding carboxylic acids is 1. The van der Waals surface area contributed by atoms with Crippen molar-refractivity contribution >= 4 is 45.5 Å². The van der Waals surface area contributed by atoms with Crippen molar-refractivity contribution in [3.63, 3.8) is 0 Å². The quantitative estimate of drug-likeness (QED) is 0.236. The van der Waals surface area contributed by atoms with E-state index in [0.29, 0.717) is 34.6 Å². The van der Waals surface area contributed by atoms with Gasteiger partial charge in [0.25, 0.3) is 0 Å². The number of methoxy groups -OCH3 is 1. The molecule has 34 heavy (non-hydrogen) atoms. The molecule has 1 heterocycles. The number of aliphatic imine (C=N–C) groups is 1. The van der Waals surface area contributed by atoms with Gasteiger partial charge in [-0.1, -0.05) is 65.6 Å². The first kappa shape index (κ1) is 24.0. The van der Waals surface area contributed by atoms with Gasteiger partial charge in [0.1, 0.15) is 6.61 Å². The Balaban J connectivity index is 1.56. The number of cyclic esters (lactones) is 1. The smallest absolute Gasteiger partial charge is 0.363 e. The SMILES string of the molecule is COc1cc(/C=C2\N=C(c3ccc(C(C)C)cc3)OC2=O)cc(Cl)c1OCc1ccc(Br)cc1. The molecular formula is C27H23BrClNO4. The van der Waals surface area contributed by atoms with Gasteiger partial charge in [-0.2, -0.15) is 0 Å². The number of hydrogen-bond acceptors (Lipinski definition) is 5. The Morgan fingerprint density at radius 2 is 1.79 bits per heavy atom. The lowest BCUT2D eigenvalue weighted by Crippen LogP contribution is -2.05.